The maximum atomic E-state index is 11.3. The summed E-state index contributed by atoms with van der Waals surface area (Å²) in [6.07, 6.45) is 0.308. The zero-order valence-electron chi connectivity index (χ0n) is 17.8. The predicted octanol–water partition coefficient (Wildman–Crippen LogP) is 4.22. The van der Waals surface area contributed by atoms with Crippen LogP contribution in [-0.4, -0.2) is 52.1 Å². The van der Waals surface area contributed by atoms with E-state index in [0.29, 0.717) is 47.0 Å². The Kier molecular flexibility index (Phi) is 7.42. The Morgan fingerprint density at radius 3 is 2.76 bits per heavy atom. The van der Waals surface area contributed by atoms with Gasteiger partial charge in [-0.3, -0.25) is 9.78 Å². The zero-order chi connectivity index (χ0) is 23.4. The van der Waals surface area contributed by atoms with Gasteiger partial charge in [0.05, 0.1) is 17.5 Å². The lowest BCUT2D eigenvalue weighted by Gasteiger charge is -2.23. The lowest BCUT2D eigenvalue weighted by Crippen LogP contribution is -2.38. The molecule has 2 atom stereocenters. The molecule has 1 aromatic heterocycles. The van der Waals surface area contributed by atoms with Crippen LogP contribution >= 0.6 is 35.2 Å². The van der Waals surface area contributed by atoms with E-state index in [1.165, 1.54) is 0 Å². The van der Waals surface area contributed by atoms with Crippen LogP contribution in [0.2, 0.25) is 5.02 Å². The molecule has 1 saturated heterocycles. The molecule has 174 valence electrons. The van der Waals surface area contributed by atoms with E-state index >= 15 is 0 Å². The number of thiazole rings is 1. The van der Waals surface area contributed by atoms with Crippen molar-refractivity contribution in [2.75, 3.05) is 19.8 Å². The monoisotopic (exact) mass is 506 g/mol. The minimum absolute atomic E-state index is 0.0161. The minimum Gasteiger partial charge on any atom is -0.494 e. The highest BCUT2D eigenvalue weighted by Crippen LogP contribution is 2.23. The maximum Gasteiger partial charge on any atom is 0.307 e. The average Bonchev–Trinajstić information content (AvgIpc) is 3.32. The number of thiocarbonyl (C=S) groups is 1. The molecule has 7 nitrogen and oxygen atoms in total. The SMILES string of the molecule is CC(COc1ccc(Cc2sc(=O)[nH]c2O)cc1)N1CC(COc2cccc(Cl)c2)OC1=S. The van der Waals surface area contributed by atoms with E-state index in [4.69, 9.17) is 38.0 Å². The van der Waals surface area contributed by atoms with Gasteiger partial charge in [-0.25, -0.2) is 0 Å². The molecule has 2 N–H and O–H groups in total. The molecule has 1 aliphatic rings. The van der Waals surface area contributed by atoms with Crippen LogP contribution in [0.3, 0.4) is 0 Å². The number of aromatic amines is 1. The van der Waals surface area contributed by atoms with Crippen molar-refractivity contribution in [2.45, 2.75) is 25.5 Å². The van der Waals surface area contributed by atoms with Gasteiger partial charge in [-0.2, -0.15) is 0 Å². The highest BCUT2D eigenvalue weighted by atomic mass is 35.5. The van der Waals surface area contributed by atoms with Gasteiger partial charge in [-0.15, -0.1) is 0 Å². The highest BCUT2D eigenvalue weighted by molar-refractivity contribution is 7.80. The molecule has 2 aromatic carbocycles. The lowest BCUT2D eigenvalue weighted by molar-refractivity contribution is 0.145. The van der Waals surface area contributed by atoms with Gasteiger partial charge in [-0.05, 0) is 55.0 Å². The quantitative estimate of drug-likeness (QED) is 0.420. The van der Waals surface area contributed by atoms with Crippen LogP contribution in [0, 0.1) is 0 Å². The summed E-state index contributed by atoms with van der Waals surface area (Å²) in [6, 6.07) is 14.8. The minimum atomic E-state index is -0.265. The molecule has 0 amide bonds. The van der Waals surface area contributed by atoms with Crippen LogP contribution in [-0.2, 0) is 11.2 Å². The molecule has 33 heavy (non-hydrogen) atoms. The van der Waals surface area contributed by atoms with E-state index in [-0.39, 0.29) is 22.9 Å². The molecule has 0 radical (unpaired) electrons. The Morgan fingerprint density at radius 1 is 1.27 bits per heavy atom. The van der Waals surface area contributed by atoms with Crippen molar-refractivity contribution in [3.8, 4) is 17.4 Å². The Morgan fingerprint density at radius 2 is 2.06 bits per heavy atom. The first-order valence-corrected chi connectivity index (χ1v) is 12.0. The molecular weight excluding hydrogens is 484 g/mol. The first kappa shape index (κ1) is 23.4. The summed E-state index contributed by atoms with van der Waals surface area (Å²) in [5, 5.41) is 10.8. The summed E-state index contributed by atoms with van der Waals surface area (Å²) < 4.78 is 17.5. The molecule has 0 saturated carbocycles. The predicted molar refractivity (Wildman–Crippen MR) is 132 cm³/mol. The summed E-state index contributed by atoms with van der Waals surface area (Å²) in [5.41, 5.74) is 0.970. The van der Waals surface area contributed by atoms with Gasteiger partial charge in [0.15, 0.2) is 6.10 Å². The lowest BCUT2D eigenvalue weighted by atomic mass is 10.1. The van der Waals surface area contributed by atoms with E-state index in [0.717, 1.165) is 22.6 Å². The van der Waals surface area contributed by atoms with Gasteiger partial charge in [0.1, 0.15) is 24.7 Å². The van der Waals surface area contributed by atoms with Crippen LogP contribution in [0.15, 0.2) is 53.3 Å². The van der Waals surface area contributed by atoms with Gasteiger partial charge >= 0.3 is 4.87 Å². The van der Waals surface area contributed by atoms with Gasteiger partial charge in [0.25, 0.3) is 5.17 Å². The molecule has 2 heterocycles. The topological polar surface area (TPSA) is 84.0 Å². The van der Waals surface area contributed by atoms with Crippen molar-refractivity contribution in [2.24, 2.45) is 0 Å². The number of hydrogen-bond acceptors (Lipinski definition) is 7. The van der Waals surface area contributed by atoms with E-state index in [2.05, 4.69) is 4.98 Å². The first-order valence-electron chi connectivity index (χ1n) is 10.4. The Labute approximate surface area is 205 Å². The fourth-order valence-electron chi connectivity index (χ4n) is 3.40. The first-order chi connectivity index (χ1) is 15.9. The van der Waals surface area contributed by atoms with Crippen molar-refractivity contribution >= 4 is 40.3 Å². The molecule has 3 aromatic rings. The number of nitrogens with zero attached hydrogens (tertiary/aromatic N) is 1. The number of H-pyrrole nitrogens is 1. The van der Waals surface area contributed by atoms with Crippen molar-refractivity contribution in [3.63, 3.8) is 0 Å². The number of aromatic nitrogens is 1. The molecular formula is C23H23ClN2O5S2. The van der Waals surface area contributed by atoms with Crippen molar-refractivity contribution in [3.05, 3.63) is 73.7 Å². The summed E-state index contributed by atoms with van der Waals surface area (Å²) in [6.45, 7) is 3.45. The van der Waals surface area contributed by atoms with Gasteiger partial charge in [0.2, 0.25) is 5.88 Å². The van der Waals surface area contributed by atoms with E-state index in [9.17, 15) is 9.90 Å². The number of nitrogens with one attached hydrogen (secondary N) is 1. The molecule has 10 heteroatoms. The summed E-state index contributed by atoms with van der Waals surface area (Å²) >= 11 is 12.4. The molecule has 0 bridgehead atoms. The third-order valence-corrected chi connectivity index (χ3v) is 6.58. The molecule has 1 fully saturated rings. The largest absolute Gasteiger partial charge is 0.494 e. The second-order valence-corrected chi connectivity index (χ2v) is 9.55. The number of halogens is 1. The summed E-state index contributed by atoms with van der Waals surface area (Å²) in [4.78, 5) is 16.0. The third kappa shape index (κ3) is 6.19. The molecule has 0 spiro atoms. The van der Waals surface area contributed by atoms with E-state index < -0.39 is 0 Å². The Balaban J connectivity index is 1.25. The van der Waals surface area contributed by atoms with Crippen LogP contribution < -0.4 is 14.3 Å². The molecule has 2 unspecified atom stereocenters. The van der Waals surface area contributed by atoms with Crippen molar-refractivity contribution < 1.29 is 19.3 Å². The number of benzene rings is 2. The maximum absolute atomic E-state index is 11.3. The number of ether oxygens (including phenoxy) is 3. The van der Waals surface area contributed by atoms with Crippen molar-refractivity contribution in [1.82, 2.24) is 9.88 Å². The van der Waals surface area contributed by atoms with Crippen LogP contribution in [0.1, 0.15) is 17.4 Å². The Bertz CT molecular complexity index is 1160. The molecule has 4 rings (SSSR count). The fraction of sp³-hybridized carbons (Fsp3) is 0.304. The average molecular weight is 507 g/mol. The van der Waals surface area contributed by atoms with Gasteiger partial charge in [-0.1, -0.05) is 41.1 Å². The number of rotatable bonds is 9. The van der Waals surface area contributed by atoms with E-state index in [1.54, 1.807) is 12.1 Å². The fourth-order valence-corrected chi connectivity index (χ4v) is 4.73. The van der Waals surface area contributed by atoms with Crippen LogP contribution in [0.25, 0.3) is 0 Å². The normalized spacial score (nSPS) is 16.5. The van der Waals surface area contributed by atoms with Crippen LogP contribution in [0.4, 0.5) is 0 Å². The Hall–Kier alpha value is -2.75. The highest BCUT2D eigenvalue weighted by Gasteiger charge is 2.32. The second kappa shape index (κ2) is 10.5. The van der Waals surface area contributed by atoms with Crippen molar-refractivity contribution in [1.29, 1.82) is 0 Å². The smallest absolute Gasteiger partial charge is 0.307 e. The van der Waals surface area contributed by atoms with Crippen LogP contribution in [0.5, 0.6) is 17.4 Å². The van der Waals surface area contributed by atoms with E-state index in [1.807, 2.05) is 48.2 Å². The number of hydrogen-bond donors (Lipinski definition) is 2. The molecule has 1 aliphatic heterocycles. The van der Waals surface area contributed by atoms with Gasteiger partial charge < -0.3 is 24.2 Å². The second-order valence-electron chi connectivity index (χ2n) is 7.69. The molecule has 0 aliphatic carbocycles. The standard InChI is InChI=1S/C23H23ClN2O5S2/c1-14(26-11-19(31-23(26)32)13-30-18-4-2-3-16(24)10-18)12-29-17-7-5-15(6-8-17)9-20-21(27)25-22(28)33-20/h2-8,10,14,19,27H,9,11-13H2,1H3,(H,25,28). The number of aromatic hydroxyl groups is 1. The van der Waals surface area contributed by atoms with Gasteiger partial charge in [0, 0.05) is 11.4 Å². The summed E-state index contributed by atoms with van der Waals surface area (Å²) in [5.74, 6) is 1.35. The zero-order valence-corrected chi connectivity index (χ0v) is 20.2. The summed E-state index contributed by atoms with van der Waals surface area (Å²) in [7, 11) is 0. The third-order valence-electron chi connectivity index (χ3n) is 5.15.